The van der Waals surface area contributed by atoms with Crippen LogP contribution in [0.3, 0.4) is 0 Å². The van der Waals surface area contributed by atoms with Crippen molar-refractivity contribution in [3.8, 4) is 6.07 Å². The Labute approximate surface area is 97.9 Å². The molecular weight excluding hydrogens is 314 g/mol. The van der Waals surface area contributed by atoms with Crippen LogP contribution in [0.4, 0.5) is 0 Å². The second-order valence-electron chi connectivity index (χ2n) is 2.38. The molecular formula is C9H5Br2NO2. The minimum absolute atomic E-state index is 0.240. The highest BCUT2D eigenvalue weighted by Gasteiger charge is 2.17. The second kappa shape index (κ2) is 4.58. The maximum absolute atomic E-state index is 11.3. The van der Waals surface area contributed by atoms with Crippen LogP contribution >= 0.6 is 31.9 Å². The van der Waals surface area contributed by atoms with Gasteiger partial charge in [0, 0.05) is 8.95 Å². The van der Waals surface area contributed by atoms with Gasteiger partial charge in [0.1, 0.15) is 6.07 Å². The summed E-state index contributed by atoms with van der Waals surface area (Å²) >= 11 is 6.38. The fraction of sp³-hybridized carbons (Fsp3) is 0.111. The number of hydrogen-bond donors (Lipinski definition) is 0. The number of rotatable bonds is 1. The van der Waals surface area contributed by atoms with E-state index in [1.807, 2.05) is 6.07 Å². The van der Waals surface area contributed by atoms with Gasteiger partial charge in [0.15, 0.2) is 0 Å². The number of carbonyl (C=O) groups is 1. The lowest BCUT2D eigenvalue weighted by Crippen LogP contribution is -2.05. The number of nitrogens with zero attached hydrogens (tertiary/aromatic N) is 1. The predicted molar refractivity (Wildman–Crippen MR) is 57.9 cm³/mol. The van der Waals surface area contributed by atoms with Crippen LogP contribution in [0.25, 0.3) is 0 Å². The Kier molecular flexibility index (Phi) is 3.67. The third-order valence-electron chi connectivity index (χ3n) is 1.60. The summed E-state index contributed by atoms with van der Waals surface area (Å²) < 4.78 is 5.69. The Morgan fingerprint density at radius 2 is 2.00 bits per heavy atom. The molecule has 0 amide bonds. The molecule has 0 radical (unpaired) electrons. The van der Waals surface area contributed by atoms with E-state index in [4.69, 9.17) is 5.26 Å². The molecule has 0 saturated carbocycles. The van der Waals surface area contributed by atoms with Gasteiger partial charge in [-0.3, -0.25) is 0 Å². The van der Waals surface area contributed by atoms with Crippen LogP contribution in [0.1, 0.15) is 15.9 Å². The van der Waals surface area contributed by atoms with Crippen molar-refractivity contribution < 1.29 is 9.53 Å². The van der Waals surface area contributed by atoms with Gasteiger partial charge in [-0.25, -0.2) is 4.79 Å². The normalized spacial score (nSPS) is 9.29. The summed E-state index contributed by atoms with van der Waals surface area (Å²) in [5.74, 6) is -0.533. The van der Waals surface area contributed by atoms with E-state index < -0.39 is 5.97 Å². The molecule has 14 heavy (non-hydrogen) atoms. The predicted octanol–water partition coefficient (Wildman–Crippen LogP) is 2.87. The Morgan fingerprint density at radius 3 is 2.50 bits per heavy atom. The van der Waals surface area contributed by atoms with Gasteiger partial charge in [-0.05, 0) is 44.0 Å². The molecule has 0 fully saturated rings. The monoisotopic (exact) mass is 317 g/mol. The van der Waals surface area contributed by atoms with Crippen LogP contribution in [-0.4, -0.2) is 13.1 Å². The highest BCUT2D eigenvalue weighted by Crippen LogP contribution is 2.27. The van der Waals surface area contributed by atoms with Crippen LogP contribution in [0.15, 0.2) is 21.1 Å². The average Bonchev–Trinajstić information content (AvgIpc) is 2.19. The van der Waals surface area contributed by atoms with E-state index in [9.17, 15) is 4.79 Å². The Morgan fingerprint density at radius 1 is 1.43 bits per heavy atom. The molecule has 0 atom stereocenters. The number of methoxy groups -OCH3 is 1. The Hall–Kier alpha value is -0.860. The molecule has 0 unspecified atom stereocenters. The van der Waals surface area contributed by atoms with Crippen LogP contribution in [0.2, 0.25) is 0 Å². The summed E-state index contributed by atoms with van der Waals surface area (Å²) in [6.45, 7) is 0. The molecule has 0 aliphatic rings. The molecule has 0 N–H and O–H groups in total. The zero-order valence-corrected chi connectivity index (χ0v) is 10.3. The minimum atomic E-state index is -0.533. The number of carbonyl (C=O) groups excluding carboxylic acids is 1. The highest BCUT2D eigenvalue weighted by molar-refractivity contribution is 9.11. The van der Waals surface area contributed by atoms with E-state index in [2.05, 4.69) is 36.6 Å². The average molecular weight is 319 g/mol. The zero-order chi connectivity index (χ0) is 10.7. The number of hydrogen-bond acceptors (Lipinski definition) is 3. The largest absolute Gasteiger partial charge is 0.465 e. The first kappa shape index (κ1) is 11.2. The van der Waals surface area contributed by atoms with Crippen LogP contribution in [0, 0.1) is 11.3 Å². The van der Waals surface area contributed by atoms with Gasteiger partial charge in [0.2, 0.25) is 0 Å². The lowest BCUT2D eigenvalue weighted by atomic mass is 10.1. The lowest BCUT2D eigenvalue weighted by Gasteiger charge is -2.05. The van der Waals surface area contributed by atoms with Gasteiger partial charge in [0.05, 0.1) is 18.2 Å². The fourth-order valence-corrected chi connectivity index (χ4v) is 1.87. The van der Waals surface area contributed by atoms with Crippen molar-refractivity contribution in [1.82, 2.24) is 0 Å². The van der Waals surface area contributed by atoms with E-state index in [0.29, 0.717) is 8.95 Å². The molecule has 0 aliphatic heterocycles. The lowest BCUT2D eigenvalue weighted by molar-refractivity contribution is 0.0599. The topological polar surface area (TPSA) is 50.1 Å². The first-order chi connectivity index (χ1) is 6.61. The molecule has 3 nitrogen and oxygen atoms in total. The minimum Gasteiger partial charge on any atom is -0.465 e. The second-order valence-corrected chi connectivity index (χ2v) is 4.09. The van der Waals surface area contributed by atoms with Crippen molar-refractivity contribution in [1.29, 1.82) is 5.26 Å². The van der Waals surface area contributed by atoms with Crippen molar-refractivity contribution in [2.75, 3.05) is 7.11 Å². The van der Waals surface area contributed by atoms with Gasteiger partial charge in [0.25, 0.3) is 0 Å². The molecule has 0 heterocycles. The molecule has 0 saturated heterocycles. The smallest absolute Gasteiger partial charge is 0.340 e. The third kappa shape index (κ3) is 1.97. The molecule has 0 spiro atoms. The van der Waals surface area contributed by atoms with E-state index >= 15 is 0 Å². The first-order valence-electron chi connectivity index (χ1n) is 3.58. The summed E-state index contributed by atoms with van der Waals surface area (Å²) in [5.41, 5.74) is 0.510. The molecule has 1 aromatic rings. The summed E-state index contributed by atoms with van der Waals surface area (Å²) in [4.78, 5) is 11.3. The van der Waals surface area contributed by atoms with Gasteiger partial charge in [-0.15, -0.1) is 0 Å². The van der Waals surface area contributed by atoms with Gasteiger partial charge < -0.3 is 4.74 Å². The van der Waals surface area contributed by atoms with Crippen LogP contribution in [0.5, 0.6) is 0 Å². The van der Waals surface area contributed by atoms with Crippen LogP contribution in [-0.2, 0) is 4.74 Å². The summed E-state index contributed by atoms with van der Waals surface area (Å²) in [7, 11) is 1.27. The van der Waals surface area contributed by atoms with E-state index in [0.717, 1.165) is 0 Å². The number of esters is 1. The number of halogens is 2. The van der Waals surface area contributed by atoms with Crippen molar-refractivity contribution in [2.45, 2.75) is 0 Å². The van der Waals surface area contributed by atoms with E-state index in [-0.39, 0.29) is 11.1 Å². The Bertz CT molecular complexity index is 424. The number of nitriles is 1. The molecule has 0 aromatic heterocycles. The highest BCUT2D eigenvalue weighted by atomic mass is 79.9. The maximum Gasteiger partial charge on any atom is 0.340 e. The zero-order valence-electron chi connectivity index (χ0n) is 7.17. The standard InChI is InChI=1S/C9H5Br2NO2/c1-14-9(13)8-5(4-12)6(10)2-3-7(8)11/h2-3H,1H3. The van der Waals surface area contributed by atoms with Crippen molar-refractivity contribution in [3.05, 3.63) is 32.2 Å². The van der Waals surface area contributed by atoms with Gasteiger partial charge >= 0.3 is 5.97 Å². The van der Waals surface area contributed by atoms with Crippen LogP contribution < -0.4 is 0 Å². The SMILES string of the molecule is COC(=O)c1c(Br)ccc(Br)c1C#N. The van der Waals surface area contributed by atoms with Crippen molar-refractivity contribution in [2.24, 2.45) is 0 Å². The van der Waals surface area contributed by atoms with Crippen molar-refractivity contribution >= 4 is 37.8 Å². The van der Waals surface area contributed by atoms with Crippen molar-refractivity contribution in [3.63, 3.8) is 0 Å². The van der Waals surface area contributed by atoms with Gasteiger partial charge in [-0.2, -0.15) is 5.26 Å². The molecule has 1 aromatic carbocycles. The summed E-state index contributed by atoms with van der Waals surface area (Å²) in [6, 6.07) is 5.31. The summed E-state index contributed by atoms with van der Waals surface area (Å²) in [5, 5.41) is 8.86. The quantitative estimate of drug-likeness (QED) is 0.748. The number of benzene rings is 1. The summed E-state index contributed by atoms with van der Waals surface area (Å²) in [6.07, 6.45) is 0. The van der Waals surface area contributed by atoms with E-state index in [1.165, 1.54) is 7.11 Å². The molecule has 5 heteroatoms. The number of ether oxygens (including phenoxy) is 1. The molecule has 1 rings (SSSR count). The molecule has 0 bridgehead atoms. The molecule has 72 valence electrons. The van der Waals surface area contributed by atoms with Gasteiger partial charge in [-0.1, -0.05) is 0 Å². The molecule has 0 aliphatic carbocycles. The van der Waals surface area contributed by atoms with E-state index in [1.54, 1.807) is 12.1 Å². The third-order valence-corrected chi connectivity index (χ3v) is 2.93. The Balaban J connectivity index is 3.47. The first-order valence-corrected chi connectivity index (χ1v) is 5.16. The fourth-order valence-electron chi connectivity index (χ4n) is 0.963. The maximum atomic E-state index is 11.3.